The third-order valence-corrected chi connectivity index (χ3v) is 4.43. The van der Waals surface area contributed by atoms with Crippen LogP contribution in [0, 0.1) is 21.7 Å². The van der Waals surface area contributed by atoms with E-state index in [1.165, 1.54) is 24.3 Å². The van der Waals surface area contributed by atoms with Crippen molar-refractivity contribution < 1.29 is 18.1 Å². The van der Waals surface area contributed by atoms with Gasteiger partial charge in [-0.05, 0) is 37.3 Å². The number of halogens is 2. The van der Waals surface area contributed by atoms with Crippen LogP contribution in [-0.4, -0.2) is 15.1 Å². The summed E-state index contributed by atoms with van der Waals surface area (Å²) >= 11 is 1.05. The Morgan fingerprint density at radius 1 is 1.16 bits per heavy atom. The average Bonchev–Trinajstić information content (AvgIpc) is 3.08. The lowest BCUT2D eigenvalue weighted by molar-refractivity contribution is -0.384. The maximum Gasteiger partial charge on any atom is 0.269 e. The van der Waals surface area contributed by atoms with Gasteiger partial charge in [-0.2, -0.15) is 0 Å². The topological polar surface area (TPSA) is 82.1 Å². The van der Waals surface area contributed by atoms with Crippen molar-refractivity contribution in [3.05, 3.63) is 70.1 Å². The second kappa shape index (κ2) is 6.98. The van der Waals surface area contributed by atoms with Gasteiger partial charge in [0.1, 0.15) is 11.6 Å². The zero-order valence-electron chi connectivity index (χ0n) is 12.8. The van der Waals surface area contributed by atoms with Crippen LogP contribution in [0.25, 0.3) is 11.5 Å². The fourth-order valence-electron chi connectivity index (χ4n) is 2.05. The minimum absolute atomic E-state index is 0.0472. The molecule has 2 aromatic carbocycles. The molecule has 128 valence electrons. The molecule has 1 aromatic heterocycles. The zero-order chi connectivity index (χ0) is 18.0. The fourth-order valence-corrected chi connectivity index (χ4v) is 2.99. The van der Waals surface area contributed by atoms with Crippen molar-refractivity contribution in [2.24, 2.45) is 0 Å². The number of aromatic nitrogens is 2. The largest absolute Gasteiger partial charge is 0.419 e. The lowest BCUT2D eigenvalue weighted by Gasteiger charge is -2.07. The van der Waals surface area contributed by atoms with Gasteiger partial charge in [0.05, 0.1) is 10.2 Å². The molecule has 0 unspecified atom stereocenters. The normalized spacial score (nSPS) is 12.1. The molecule has 25 heavy (non-hydrogen) atoms. The van der Waals surface area contributed by atoms with Gasteiger partial charge in [0, 0.05) is 22.6 Å². The molecule has 0 amide bonds. The van der Waals surface area contributed by atoms with Gasteiger partial charge in [0.25, 0.3) is 5.69 Å². The van der Waals surface area contributed by atoms with Gasteiger partial charge >= 0.3 is 0 Å². The molecule has 0 spiro atoms. The van der Waals surface area contributed by atoms with E-state index >= 15 is 0 Å². The van der Waals surface area contributed by atoms with E-state index < -0.39 is 21.8 Å². The van der Waals surface area contributed by atoms with Crippen LogP contribution in [-0.2, 0) is 0 Å². The van der Waals surface area contributed by atoms with Crippen LogP contribution in [0.15, 0.2) is 51.8 Å². The molecule has 3 rings (SSSR count). The molecule has 0 saturated carbocycles. The summed E-state index contributed by atoms with van der Waals surface area (Å²) in [6, 6.07) is 8.87. The summed E-state index contributed by atoms with van der Waals surface area (Å²) in [7, 11) is 0. The molecule has 0 radical (unpaired) electrons. The van der Waals surface area contributed by atoms with Gasteiger partial charge < -0.3 is 4.42 Å². The highest BCUT2D eigenvalue weighted by molar-refractivity contribution is 7.99. The Morgan fingerprint density at radius 2 is 1.88 bits per heavy atom. The van der Waals surface area contributed by atoms with Gasteiger partial charge in [-0.25, -0.2) is 8.78 Å². The minimum Gasteiger partial charge on any atom is -0.419 e. The van der Waals surface area contributed by atoms with Gasteiger partial charge in [-0.3, -0.25) is 10.1 Å². The fraction of sp³-hybridized carbons (Fsp3) is 0.125. The van der Waals surface area contributed by atoms with E-state index in [4.69, 9.17) is 4.42 Å². The molecule has 0 aliphatic carbocycles. The highest BCUT2D eigenvalue weighted by Gasteiger charge is 2.18. The third-order valence-electron chi connectivity index (χ3n) is 3.31. The molecule has 9 heteroatoms. The Hall–Kier alpha value is -2.81. The van der Waals surface area contributed by atoms with Gasteiger partial charge in [-0.15, -0.1) is 22.0 Å². The molecular formula is C16H11F2N3O3S. The van der Waals surface area contributed by atoms with E-state index in [9.17, 15) is 18.9 Å². The summed E-state index contributed by atoms with van der Waals surface area (Å²) in [6.07, 6.45) is 0. The number of nitro groups is 1. The molecule has 1 atom stereocenters. The quantitative estimate of drug-likeness (QED) is 0.369. The zero-order valence-corrected chi connectivity index (χ0v) is 13.7. The number of hydrogen-bond donors (Lipinski definition) is 0. The first-order valence-corrected chi connectivity index (χ1v) is 8.02. The van der Waals surface area contributed by atoms with E-state index in [0.29, 0.717) is 5.56 Å². The van der Waals surface area contributed by atoms with Crippen molar-refractivity contribution in [1.29, 1.82) is 0 Å². The molecule has 3 aromatic rings. The predicted molar refractivity (Wildman–Crippen MR) is 87.0 cm³/mol. The highest BCUT2D eigenvalue weighted by Crippen LogP contribution is 2.36. The van der Waals surface area contributed by atoms with Crippen LogP contribution in [0.1, 0.15) is 18.1 Å². The van der Waals surface area contributed by atoms with E-state index in [1.54, 1.807) is 6.92 Å². The number of thioether (sulfide) groups is 1. The number of non-ortho nitro benzene ring substituents is 1. The Balaban J connectivity index is 1.78. The van der Waals surface area contributed by atoms with Crippen LogP contribution >= 0.6 is 11.8 Å². The minimum atomic E-state index is -0.534. The van der Waals surface area contributed by atoms with Crippen LogP contribution in [0.4, 0.5) is 14.5 Å². The van der Waals surface area contributed by atoms with Crippen LogP contribution in [0.3, 0.4) is 0 Å². The number of benzene rings is 2. The predicted octanol–water partition coefficient (Wildman–Crippen LogP) is 4.78. The first-order valence-electron chi connectivity index (χ1n) is 7.14. The lowest BCUT2D eigenvalue weighted by Crippen LogP contribution is -1.91. The average molecular weight is 363 g/mol. The smallest absolute Gasteiger partial charge is 0.269 e. The monoisotopic (exact) mass is 363 g/mol. The van der Waals surface area contributed by atoms with Crippen molar-refractivity contribution in [2.75, 3.05) is 0 Å². The Labute approximate surface area is 145 Å². The van der Waals surface area contributed by atoms with Crippen molar-refractivity contribution in [3.8, 4) is 11.5 Å². The van der Waals surface area contributed by atoms with E-state index in [2.05, 4.69) is 10.2 Å². The summed E-state index contributed by atoms with van der Waals surface area (Å²) in [5.41, 5.74) is 0.479. The van der Waals surface area contributed by atoms with E-state index in [0.717, 1.165) is 30.0 Å². The third kappa shape index (κ3) is 3.82. The van der Waals surface area contributed by atoms with Crippen molar-refractivity contribution in [2.45, 2.75) is 17.1 Å². The van der Waals surface area contributed by atoms with Crippen molar-refractivity contribution >= 4 is 17.4 Å². The standard InChI is InChI=1S/C16H11F2N3O3S/c1-9(25-14-8-11(17)4-7-13(14)18)15-19-20-16(24-15)10-2-5-12(6-3-10)21(22)23/h2-9H,1H3/t9-/m0/s1. The molecule has 0 aliphatic rings. The maximum absolute atomic E-state index is 13.7. The van der Waals surface area contributed by atoms with Crippen LogP contribution in [0.5, 0.6) is 0 Å². The molecule has 0 fully saturated rings. The van der Waals surface area contributed by atoms with Gasteiger partial charge in [0.15, 0.2) is 0 Å². The van der Waals surface area contributed by atoms with Crippen LogP contribution in [0.2, 0.25) is 0 Å². The summed E-state index contributed by atoms with van der Waals surface area (Å²) in [4.78, 5) is 10.3. The van der Waals surface area contributed by atoms with Crippen molar-refractivity contribution in [1.82, 2.24) is 10.2 Å². The first-order chi connectivity index (χ1) is 11.9. The highest BCUT2D eigenvalue weighted by atomic mass is 32.2. The number of rotatable bonds is 5. The second-order valence-electron chi connectivity index (χ2n) is 5.08. The molecule has 0 saturated heterocycles. The van der Waals surface area contributed by atoms with Crippen molar-refractivity contribution in [3.63, 3.8) is 0 Å². The van der Waals surface area contributed by atoms with Gasteiger partial charge in [0.2, 0.25) is 11.8 Å². The summed E-state index contributed by atoms with van der Waals surface area (Å²) in [5.74, 6) is -0.638. The molecule has 1 heterocycles. The number of nitrogens with zero attached hydrogens (tertiary/aromatic N) is 3. The number of nitro benzene ring substituents is 1. The molecule has 6 nitrogen and oxygen atoms in total. The Morgan fingerprint density at radius 3 is 2.56 bits per heavy atom. The Bertz CT molecular complexity index is 915. The Kier molecular flexibility index (Phi) is 4.75. The molecule has 0 bridgehead atoms. The van der Waals surface area contributed by atoms with E-state index in [-0.39, 0.29) is 22.4 Å². The SMILES string of the molecule is C[C@H](Sc1cc(F)ccc1F)c1nnc(-c2ccc([N+](=O)[O-])cc2)o1. The summed E-state index contributed by atoms with van der Waals surface area (Å²) in [5, 5.41) is 18.1. The first kappa shape index (κ1) is 17.0. The maximum atomic E-state index is 13.7. The summed E-state index contributed by atoms with van der Waals surface area (Å²) < 4.78 is 32.5. The van der Waals surface area contributed by atoms with E-state index in [1.807, 2.05) is 0 Å². The summed E-state index contributed by atoms with van der Waals surface area (Å²) in [6.45, 7) is 1.72. The second-order valence-corrected chi connectivity index (χ2v) is 6.47. The molecular weight excluding hydrogens is 352 g/mol. The van der Waals surface area contributed by atoms with Gasteiger partial charge in [-0.1, -0.05) is 0 Å². The molecule has 0 N–H and O–H groups in total. The number of hydrogen-bond acceptors (Lipinski definition) is 6. The molecule has 0 aliphatic heterocycles. The van der Waals surface area contributed by atoms with Crippen LogP contribution < -0.4 is 0 Å². The lowest BCUT2D eigenvalue weighted by atomic mass is 10.2.